The highest BCUT2D eigenvalue weighted by Gasteiger charge is 2.07. The maximum absolute atomic E-state index is 11.9. The Morgan fingerprint density at radius 3 is 2.83 bits per heavy atom. The molecule has 1 aromatic heterocycles. The third kappa shape index (κ3) is 5.05. The van der Waals surface area contributed by atoms with Crippen LogP contribution in [-0.2, 0) is 0 Å². The molecule has 0 fully saturated rings. The lowest BCUT2D eigenvalue weighted by molar-refractivity contribution is 0.0794. The number of pyridine rings is 1. The van der Waals surface area contributed by atoms with Gasteiger partial charge in [-0.25, -0.2) is 13.8 Å². The normalized spacial score (nSPS) is 10.4. The number of hydrogen-bond donors (Lipinski definition) is 2. The van der Waals surface area contributed by atoms with Crippen molar-refractivity contribution >= 4 is 5.91 Å². The minimum absolute atomic E-state index is 0.00106. The summed E-state index contributed by atoms with van der Waals surface area (Å²) in [5.41, 5.74) is 0.303. The first-order valence-electron chi connectivity index (χ1n) is 5.39. The summed E-state index contributed by atoms with van der Waals surface area (Å²) in [5, 5.41) is 11.1. The van der Waals surface area contributed by atoms with Crippen LogP contribution in [0.3, 0.4) is 0 Å². The van der Waals surface area contributed by atoms with Crippen molar-refractivity contribution in [3.05, 3.63) is 23.9 Å². The molecule has 7 heteroatoms. The number of carbonyl (C=O) groups is 1. The maximum Gasteiger partial charge on any atom is 0.272 e. The Morgan fingerprint density at radius 2 is 2.28 bits per heavy atom. The van der Waals surface area contributed by atoms with E-state index in [-0.39, 0.29) is 18.4 Å². The first kappa shape index (κ1) is 14.3. The number of ether oxygens (including phenoxy) is 1. The number of aliphatic hydroxyl groups is 1. The van der Waals surface area contributed by atoms with Gasteiger partial charge >= 0.3 is 0 Å². The van der Waals surface area contributed by atoms with E-state index in [0.29, 0.717) is 18.5 Å². The highest BCUT2D eigenvalue weighted by Crippen LogP contribution is 2.08. The van der Waals surface area contributed by atoms with Crippen LogP contribution in [0, 0.1) is 0 Å². The van der Waals surface area contributed by atoms with Crippen molar-refractivity contribution in [3.63, 3.8) is 0 Å². The molecule has 0 aliphatic carbocycles. The second-order valence-corrected chi connectivity index (χ2v) is 3.42. The van der Waals surface area contributed by atoms with E-state index >= 15 is 0 Å². The second kappa shape index (κ2) is 7.54. The SMILES string of the molecule is O=C(NCCCO)c1ccc(OCC(F)F)nc1. The Bertz CT molecular complexity index is 371. The van der Waals surface area contributed by atoms with Gasteiger partial charge in [0, 0.05) is 25.4 Å². The van der Waals surface area contributed by atoms with Crippen molar-refractivity contribution in [2.75, 3.05) is 19.8 Å². The summed E-state index contributed by atoms with van der Waals surface area (Å²) < 4.78 is 28.4. The van der Waals surface area contributed by atoms with E-state index in [4.69, 9.17) is 5.11 Å². The molecule has 100 valence electrons. The maximum atomic E-state index is 11.9. The van der Waals surface area contributed by atoms with Crippen LogP contribution < -0.4 is 10.1 Å². The van der Waals surface area contributed by atoms with Crippen molar-refractivity contribution in [1.82, 2.24) is 10.3 Å². The van der Waals surface area contributed by atoms with E-state index in [2.05, 4.69) is 15.0 Å². The summed E-state index contributed by atoms with van der Waals surface area (Å²) in [6, 6.07) is 2.78. The molecule has 0 unspecified atom stereocenters. The third-order valence-corrected chi connectivity index (χ3v) is 1.98. The fourth-order valence-corrected chi connectivity index (χ4v) is 1.13. The molecular formula is C11H14F2N2O3. The van der Waals surface area contributed by atoms with Gasteiger partial charge in [-0.2, -0.15) is 0 Å². The van der Waals surface area contributed by atoms with Crippen LogP contribution in [0.5, 0.6) is 5.88 Å². The van der Waals surface area contributed by atoms with Crippen molar-refractivity contribution in [3.8, 4) is 5.88 Å². The van der Waals surface area contributed by atoms with Gasteiger partial charge in [-0.15, -0.1) is 0 Å². The Morgan fingerprint density at radius 1 is 1.50 bits per heavy atom. The van der Waals surface area contributed by atoms with E-state index in [1.807, 2.05) is 0 Å². The number of alkyl halides is 2. The van der Waals surface area contributed by atoms with Crippen molar-refractivity contribution < 1.29 is 23.4 Å². The van der Waals surface area contributed by atoms with Gasteiger partial charge in [-0.05, 0) is 12.5 Å². The highest BCUT2D eigenvalue weighted by molar-refractivity contribution is 5.93. The summed E-state index contributed by atoms with van der Waals surface area (Å²) in [6.07, 6.45) is -0.850. The summed E-state index contributed by atoms with van der Waals surface area (Å²) in [5.74, 6) is -0.293. The van der Waals surface area contributed by atoms with E-state index < -0.39 is 13.0 Å². The lowest BCUT2D eigenvalue weighted by Gasteiger charge is -2.06. The van der Waals surface area contributed by atoms with Gasteiger partial charge in [-0.3, -0.25) is 4.79 Å². The van der Waals surface area contributed by atoms with Crippen molar-refractivity contribution in [2.24, 2.45) is 0 Å². The number of aromatic nitrogens is 1. The molecule has 0 aliphatic rings. The Labute approximate surface area is 103 Å². The van der Waals surface area contributed by atoms with Gasteiger partial charge in [0.2, 0.25) is 5.88 Å². The zero-order chi connectivity index (χ0) is 13.4. The van der Waals surface area contributed by atoms with Gasteiger partial charge in [-0.1, -0.05) is 0 Å². The molecule has 1 heterocycles. The molecule has 1 aromatic rings. The van der Waals surface area contributed by atoms with Gasteiger partial charge < -0.3 is 15.2 Å². The molecule has 0 bridgehead atoms. The van der Waals surface area contributed by atoms with Crippen LogP contribution in [0.1, 0.15) is 16.8 Å². The largest absolute Gasteiger partial charge is 0.472 e. The zero-order valence-corrected chi connectivity index (χ0v) is 9.60. The lowest BCUT2D eigenvalue weighted by atomic mass is 10.2. The molecule has 5 nitrogen and oxygen atoms in total. The Hall–Kier alpha value is -1.76. The lowest BCUT2D eigenvalue weighted by Crippen LogP contribution is -2.25. The molecule has 1 amide bonds. The molecule has 2 N–H and O–H groups in total. The standard InChI is InChI=1S/C11H14F2N2O3/c12-9(13)7-18-10-3-2-8(6-15-10)11(17)14-4-1-5-16/h2-3,6,9,16H,1,4-5,7H2,(H,14,17). The number of aliphatic hydroxyl groups excluding tert-OH is 1. The van der Waals surface area contributed by atoms with E-state index in [1.165, 1.54) is 18.3 Å². The second-order valence-electron chi connectivity index (χ2n) is 3.42. The third-order valence-electron chi connectivity index (χ3n) is 1.98. The first-order chi connectivity index (χ1) is 8.63. The van der Waals surface area contributed by atoms with Crippen molar-refractivity contribution in [2.45, 2.75) is 12.8 Å². The van der Waals surface area contributed by atoms with Gasteiger partial charge in [0.15, 0.2) is 6.61 Å². The quantitative estimate of drug-likeness (QED) is 0.713. The molecule has 0 saturated heterocycles. The van der Waals surface area contributed by atoms with Gasteiger partial charge in [0.05, 0.1) is 5.56 Å². The molecule has 0 radical (unpaired) electrons. The minimum Gasteiger partial charge on any atom is -0.472 e. The molecule has 0 spiro atoms. The fourth-order valence-electron chi connectivity index (χ4n) is 1.13. The van der Waals surface area contributed by atoms with Gasteiger partial charge in [0.25, 0.3) is 12.3 Å². The van der Waals surface area contributed by atoms with E-state index in [0.717, 1.165) is 0 Å². The Kier molecular flexibility index (Phi) is 5.99. The number of amides is 1. The summed E-state index contributed by atoms with van der Waals surface area (Å²) >= 11 is 0. The molecule has 0 atom stereocenters. The molecule has 1 rings (SSSR count). The van der Waals surface area contributed by atoms with Crippen LogP contribution >= 0.6 is 0 Å². The zero-order valence-electron chi connectivity index (χ0n) is 9.60. The minimum atomic E-state index is -2.56. The fraction of sp³-hybridized carbons (Fsp3) is 0.455. The predicted molar refractivity (Wildman–Crippen MR) is 59.8 cm³/mol. The molecule has 18 heavy (non-hydrogen) atoms. The number of rotatable bonds is 7. The highest BCUT2D eigenvalue weighted by atomic mass is 19.3. The average molecular weight is 260 g/mol. The number of halogens is 2. The van der Waals surface area contributed by atoms with Crippen molar-refractivity contribution in [1.29, 1.82) is 0 Å². The summed E-state index contributed by atoms with van der Waals surface area (Å²) in [6.45, 7) is -0.368. The van der Waals surface area contributed by atoms with E-state index in [9.17, 15) is 13.6 Å². The van der Waals surface area contributed by atoms with Crippen LogP contribution in [-0.4, -0.2) is 42.2 Å². The predicted octanol–water partition coefficient (Wildman–Crippen LogP) is 0.838. The number of nitrogens with one attached hydrogen (secondary N) is 1. The van der Waals surface area contributed by atoms with Crippen LogP contribution in [0.2, 0.25) is 0 Å². The van der Waals surface area contributed by atoms with E-state index in [1.54, 1.807) is 0 Å². The topological polar surface area (TPSA) is 71.5 Å². The number of carbonyl (C=O) groups excluding carboxylic acids is 1. The molecular weight excluding hydrogens is 246 g/mol. The monoisotopic (exact) mass is 260 g/mol. The average Bonchev–Trinajstić information content (AvgIpc) is 2.37. The molecule has 0 aliphatic heterocycles. The van der Waals surface area contributed by atoms with Crippen LogP contribution in [0.25, 0.3) is 0 Å². The number of nitrogens with zero attached hydrogens (tertiary/aromatic N) is 1. The molecule has 0 aromatic carbocycles. The Balaban J connectivity index is 2.46. The van der Waals surface area contributed by atoms with Crippen LogP contribution in [0.4, 0.5) is 8.78 Å². The summed E-state index contributed by atoms with van der Waals surface area (Å²) in [4.78, 5) is 15.2. The molecule has 0 saturated carbocycles. The number of hydrogen-bond acceptors (Lipinski definition) is 4. The smallest absolute Gasteiger partial charge is 0.272 e. The van der Waals surface area contributed by atoms with Gasteiger partial charge in [0.1, 0.15) is 0 Å². The summed E-state index contributed by atoms with van der Waals surface area (Å²) in [7, 11) is 0. The first-order valence-corrected chi connectivity index (χ1v) is 5.39. The van der Waals surface area contributed by atoms with Crippen LogP contribution in [0.15, 0.2) is 18.3 Å².